The summed E-state index contributed by atoms with van der Waals surface area (Å²) < 4.78 is 52.8. The number of allylic oxidation sites excluding steroid dienone is 1. The van der Waals surface area contributed by atoms with E-state index in [2.05, 4.69) is 36.1 Å². The fourth-order valence-electron chi connectivity index (χ4n) is 9.28. The summed E-state index contributed by atoms with van der Waals surface area (Å²) in [6, 6.07) is 7.18. The number of fused-ring (bicyclic) bond motifs is 5. The number of amides is 4. The monoisotopic (exact) mass is 898 g/mol. The topological polar surface area (TPSA) is 212 Å². The molecule has 4 fully saturated rings. The molecule has 17 heteroatoms. The molecule has 3 N–H and O–H groups in total. The summed E-state index contributed by atoms with van der Waals surface area (Å²) >= 11 is 0. The normalized spacial score (nSPS) is 26.4. The lowest BCUT2D eigenvalue weighted by Crippen LogP contribution is -2.58. The second-order valence-corrected chi connectivity index (χ2v) is 21.9. The second-order valence-electron chi connectivity index (χ2n) is 19.7. The van der Waals surface area contributed by atoms with Gasteiger partial charge in [0.25, 0.3) is 11.8 Å². The first-order valence-corrected chi connectivity index (χ1v) is 24.2. The van der Waals surface area contributed by atoms with Crippen LogP contribution in [-0.2, 0) is 34.6 Å². The highest BCUT2D eigenvalue weighted by molar-refractivity contribution is 7.91. The van der Waals surface area contributed by atoms with Crippen molar-refractivity contribution in [3.8, 4) is 17.3 Å². The number of para-hydroxylation sites is 1. The van der Waals surface area contributed by atoms with Gasteiger partial charge in [-0.2, -0.15) is 4.98 Å². The largest absolute Gasteiger partial charge is 0.470 e. The Bertz CT molecular complexity index is 2640. The molecule has 0 bridgehead atoms. The molecule has 5 aliphatic rings. The first kappa shape index (κ1) is 43.8. The summed E-state index contributed by atoms with van der Waals surface area (Å²) in [6.45, 7) is 9.51. The molecule has 5 heterocycles. The zero-order valence-electron chi connectivity index (χ0n) is 37.2. The average Bonchev–Trinajstić information content (AvgIpc) is 3.75. The van der Waals surface area contributed by atoms with Crippen molar-refractivity contribution in [3.63, 3.8) is 0 Å². The van der Waals surface area contributed by atoms with E-state index >= 15 is 0 Å². The number of carbonyl (C=O) groups excluding carboxylic acids is 4. The van der Waals surface area contributed by atoms with Crippen LogP contribution in [0, 0.1) is 12.8 Å². The van der Waals surface area contributed by atoms with Gasteiger partial charge in [-0.05, 0) is 96.3 Å². The van der Waals surface area contributed by atoms with Crippen molar-refractivity contribution >= 4 is 55.9 Å². The Morgan fingerprint density at radius 2 is 1.73 bits per heavy atom. The summed E-state index contributed by atoms with van der Waals surface area (Å²) in [5.41, 5.74) is 0.179. The number of sulfonamides is 1. The highest BCUT2D eigenvalue weighted by Gasteiger charge is 2.63. The number of furan rings is 2. The van der Waals surface area contributed by atoms with E-state index in [9.17, 15) is 27.6 Å². The smallest absolute Gasteiger partial charge is 0.408 e. The van der Waals surface area contributed by atoms with Crippen LogP contribution in [0.1, 0.15) is 123 Å². The number of hydrogen-bond acceptors (Lipinski definition) is 12. The van der Waals surface area contributed by atoms with Gasteiger partial charge in [0.05, 0.1) is 16.9 Å². The van der Waals surface area contributed by atoms with Crippen LogP contribution >= 0.6 is 0 Å². The number of aromatic nitrogens is 2. The van der Waals surface area contributed by atoms with Crippen LogP contribution in [0.15, 0.2) is 51.3 Å². The van der Waals surface area contributed by atoms with Crippen molar-refractivity contribution in [2.24, 2.45) is 5.92 Å². The lowest BCUT2D eigenvalue weighted by molar-refractivity contribution is -0.141. The van der Waals surface area contributed by atoms with Crippen LogP contribution in [0.25, 0.3) is 33.5 Å². The third-order valence-corrected chi connectivity index (χ3v) is 15.9. The molecule has 0 spiro atoms. The minimum Gasteiger partial charge on any atom is -0.470 e. The predicted molar refractivity (Wildman–Crippen MR) is 237 cm³/mol. The first-order chi connectivity index (χ1) is 30.4. The molecule has 2 aliphatic heterocycles. The van der Waals surface area contributed by atoms with Gasteiger partial charge >= 0.3 is 6.09 Å². The minimum atomic E-state index is -4.03. The van der Waals surface area contributed by atoms with Crippen molar-refractivity contribution in [2.75, 3.05) is 6.54 Å². The molecular weight excluding hydrogens is 841 g/mol. The summed E-state index contributed by atoms with van der Waals surface area (Å²) in [4.78, 5) is 68.3. The molecule has 64 heavy (non-hydrogen) atoms. The van der Waals surface area contributed by atoms with Crippen LogP contribution in [0.2, 0.25) is 0 Å². The van der Waals surface area contributed by atoms with Crippen molar-refractivity contribution in [1.29, 1.82) is 0 Å². The van der Waals surface area contributed by atoms with Crippen molar-refractivity contribution in [2.45, 2.75) is 158 Å². The van der Waals surface area contributed by atoms with E-state index in [1.807, 2.05) is 49.4 Å². The quantitative estimate of drug-likeness (QED) is 0.152. The first-order valence-electron chi connectivity index (χ1n) is 22.7. The zero-order valence-corrected chi connectivity index (χ0v) is 38.0. The average molecular weight is 899 g/mol. The number of nitrogens with one attached hydrogen (secondary N) is 3. The maximum Gasteiger partial charge on any atom is 0.408 e. The molecular formula is C47H58N6O10S. The molecule has 0 radical (unpaired) electrons. The number of hydrogen-bond donors (Lipinski definition) is 3. The number of aryl methyl sites for hydroxylation is 1. The summed E-state index contributed by atoms with van der Waals surface area (Å²) in [6.07, 6.45) is 9.66. The van der Waals surface area contributed by atoms with Gasteiger partial charge in [-0.1, -0.05) is 57.9 Å². The number of benzene rings is 1. The van der Waals surface area contributed by atoms with E-state index in [0.717, 1.165) is 49.7 Å². The fraction of sp³-hybridized carbons (Fsp3) is 0.574. The Morgan fingerprint density at radius 3 is 2.47 bits per heavy atom. The lowest BCUT2D eigenvalue weighted by atomic mass is 9.93. The highest BCUT2D eigenvalue weighted by Crippen LogP contribution is 2.48. The van der Waals surface area contributed by atoms with Crippen molar-refractivity contribution in [1.82, 2.24) is 30.2 Å². The zero-order chi connectivity index (χ0) is 45.2. The molecule has 5 atom stereocenters. The van der Waals surface area contributed by atoms with Gasteiger partial charge in [-0.15, -0.1) is 0 Å². The molecule has 3 saturated carbocycles. The molecule has 3 aromatic heterocycles. The van der Waals surface area contributed by atoms with E-state index in [4.69, 9.17) is 28.3 Å². The molecule has 4 aromatic rings. The summed E-state index contributed by atoms with van der Waals surface area (Å²) in [5, 5.41) is 6.50. The highest BCUT2D eigenvalue weighted by atomic mass is 32.2. The van der Waals surface area contributed by atoms with Gasteiger partial charge in [0.1, 0.15) is 52.5 Å². The standard InChI is InChI=1S/C47H58N6O10S/c1-27-32(24-36(60-27)45(2,3)4)39-49-37-31-18-13-14-20-35(31)63-38(37)41(50-39)61-30-23-34-40(54)51-47(43(56)52-64(58,59)46(5)21-22-46)25-28(47)15-9-7-6-8-10-19-33(42(55)53(34)26-30)48-44(57)62-29-16-11-12-17-29/h9,13-15,18,20,24,28-30,33-34H,6-8,10-12,16-17,19,21-23,25-26H2,1-5H3,(H,48,57)(H,51,54)(H,52,56)/t28-,30-,33+,34+,47-/m1/s1. The SMILES string of the molecule is Cc1oc(C(C)(C)C)cc1-c1nc(O[C@@H]2C[C@H]3C(=O)N[C@]4(C(=O)NS(=O)(=O)C5(C)CC5)C[C@H]4C=CCCCCC[C@H](NC(=O)OC4CCCC4)C(=O)N3C2)c2oc3ccccc3c2n1. The second kappa shape index (κ2) is 16.5. The molecule has 4 amide bonds. The number of ether oxygens (including phenoxy) is 2. The van der Waals surface area contributed by atoms with Gasteiger partial charge < -0.3 is 33.8 Å². The molecule has 1 saturated heterocycles. The molecule has 9 rings (SSSR count). The molecule has 3 aliphatic carbocycles. The number of alkyl carbamates (subject to hydrolysis) is 1. The van der Waals surface area contributed by atoms with Crippen LogP contribution in [0.4, 0.5) is 4.79 Å². The third kappa shape index (κ3) is 8.47. The van der Waals surface area contributed by atoms with E-state index in [1.54, 1.807) is 6.92 Å². The van der Waals surface area contributed by atoms with Crippen LogP contribution in [0.5, 0.6) is 5.88 Å². The number of carbonyl (C=O) groups is 4. The van der Waals surface area contributed by atoms with Gasteiger partial charge in [0.15, 0.2) is 5.82 Å². The van der Waals surface area contributed by atoms with Crippen LogP contribution in [0.3, 0.4) is 0 Å². The maximum atomic E-state index is 14.9. The van der Waals surface area contributed by atoms with E-state index in [-0.39, 0.29) is 42.4 Å². The molecule has 16 nitrogen and oxygen atoms in total. The van der Waals surface area contributed by atoms with E-state index in [1.165, 1.54) is 4.90 Å². The minimum absolute atomic E-state index is 0.0225. The lowest BCUT2D eigenvalue weighted by Gasteiger charge is -2.30. The maximum absolute atomic E-state index is 14.9. The van der Waals surface area contributed by atoms with Crippen molar-refractivity contribution < 1.29 is 45.9 Å². The fourth-order valence-corrected chi connectivity index (χ4v) is 10.6. The van der Waals surface area contributed by atoms with Crippen molar-refractivity contribution in [3.05, 3.63) is 54.0 Å². The Morgan fingerprint density at radius 1 is 0.984 bits per heavy atom. The van der Waals surface area contributed by atoms with Crippen LogP contribution < -0.4 is 20.1 Å². The van der Waals surface area contributed by atoms with Gasteiger partial charge in [0, 0.05) is 23.1 Å². The third-order valence-electron chi connectivity index (χ3n) is 13.7. The summed E-state index contributed by atoms with van der Waals surface area (Å²) in [5.74, 6) is -0.611. The molecule has 342 valence electrons. The molecule has 0 unspecified atom stereocenters. The number of rotatable bonds is 8. The van der Waals surface area contributed by atoms with Crippen LogP contribution in [-0.4, -0.2) is 88.2 Å². The Balaban J connectivity index is 1.07. The summed E-state index contributed by atoms with van der Waals surface area (Å²) in [7, 11) is -4.03. The van der Waals surface area contributed by atoms with Gasteiger partial charge in [-0.25, -0.2) is 18.2 Å². The molecule has 1 aromatic carbocycles. The van der Waals surface area contributed by atoms with Gasteiger partial charge in [0.2, 0.25) is 27.4 Å². The number of nitrogens with zero attached hydrogens (tertiary/aromatic N) is 3. The van der Waals surface area contributed by atoms with E-state index < -0.39 is 68.2 Å². The Labute approximate surface area is 372 Å². The predicted octanol–water partition coefficient (Wildman–Crippen LogP) is 7.02. The Kier molecular flexibility index (Phi) is 11.3. The Hall–Kier alpha value is -5.45. The van der Waals surface area contributed by atoms with E-state index in [0.29, 0.717) is 60.4 Å². The van der Waals surface area contributed by atoms with Gasteiger partial charge in [-0.3, -0.25) is 19.1 Å².